The maximum atomic E-state index is 2.31. The van der Waals surface area contributed by atoms with Crippen molar-refractivity contribution < 1.29 is 0 Å². The fourth-order valence-corrected chi connectivity index (χ4v) is 6.49. The molecule has 0 fully saturated rings. The fraction of sp³-hybridized carbons (Fsp3) is 0.0244. The molecule has 1 aliphatic carbocycles. The van der Waals surface area contributed by atoms with Crippen LogP contribution in [0.15, 0.2) is 182 Å². The minimum absolute atomic E-state index is 0.360. The summed E-state index contributed by atoms with van der Waals surface area (Å²) in [5, 5.41) is 2.62. The molecule has 7 aromatic rings. The molecule has 0 atom stereocenters. The second-order valence-electron chi connectivity index (χ2n) is 10.5. The van der Waals surface area contributed by atoms with Gasteiger partial charge >= 0.3 is 0 Å². The molecule has 0 aromatic heterocycles. The predicted molar refractivity (Wildman–Crippen MR) is 173 cm³/mol. The molecule has 0 bridgehead atoms. The molecular weight excluding hydrogens is 492 g/mol. The highest BCUT2D eigenvalue weighted by Crippen LogP contribution is 2.58. The third-order valence-corrected chi connectivity index (χ3v) is 8.22. The number of hydrogen-bond donors (Lipinski definition) is 0. The van der Waals surface area contributed by atoms with Gasteiger partial charge in [-0.05, 0) is 55.3 Å². The summed E-state index contributed by atoms with van der Waals surface area (Å²) < 4.78 is 0. The third kappa shape index (κ3) is 4.26. The highest BCUT2D eigenvalue weighted by Gasteiger charge is 2.47. The highest BCUT2D eigenvalue weighted by molar-refractivity contribution is 5.92. The molecule has 8 rings (SSSR count). The van der Waals surface area contributed by atoms with Crippen LogP contribution in [-0.4, -0.2) is 0 Å². The molecule has 0 saturated carbocycles. The zero-order chi connectivity index (χ0) is 27.5. The van der Waals surface area contributed by atoms with Crippen molar-refractivity contribution in [2.24, 2.45) is 0 Å². The summed E-state index contributed by atoms with van der Waals surface area (Å²) in [5.41, 5.74) is 10.2. The molecule has 0 unspecified atom stereocenters. The lowest BCUT2D eigenvalue weighted by Crippen LogP contribution is -2.29. The average molecular weight is 523 g/mol. The Kier molecular flexibility index (Phi) is 6.51. The average Bonchev–Trinajstić information content (AvgIpc) is 3.38. The molecule has 7 aromatic carbocycles. The van der Waals surface area contributed by atoms with Crippen LogP contribution in [0.2, 0.25) is 0 Å². The summed E-state index contributed by atoms with van der Waals surface area (Å²) in [5.74, 6) is 0. The number of hydrogen-bond acceptors (Lipinski definition) is 0. The fourth-order valence-electron chi connectivity index (χ4n) is 6.49. The van der Waals surface area contributed by atoms with Crippen LogP contribution < -0.4 is 0 Å². The van der Waals surface area contributed by atoms with Crippen LogP contribution in [0.25, 0.3) is 33.0 Å². The Bertz CT molecular complexity index is 1810. The van der Waals surface area contributed by atoms with Gasteiger partial charge in [0.25, 0.3) is 0 Å². The number of rotatable bonds is 3. The van der Waals surface area contributed by atoms with Crippen molar-refractivity contribution in [2.75, 3.05) is 0 Å². The second-order valence-corrected chi connectivity index (χ2v) is 10.5. The van der Waals surface area contributed by atoms with Crippen LogP contribution >= 0.6 is 0 Å². The first kappa shape index (κ1) is 24.8. The van der Waals surface area contributed by atoms with E-state index in [1.165, 1.54) is 55.3 Å². The van der Waals surface area contributed by atoms with Crippen molar-refractivity contribution in [3.8, 4) is 22.3 Å². The van der Waals surface area contributed by atoms with Gasteiger partial charge in [0.15, 0.2) is 0 Å². The van der Waals surface area contributed by atoms with E-state index < -0.39 is 0 Å². The normalized spacial score (nSPS) is 12.6. The van der Waals surface area contributed by atoms with Crippen molar-refractivity contribution >= 4 is 10.8 Å². The minimum atomic E-state index is -0.360. The first-order valence-electron chi connectivity index (χ1n) is 14.2. The van der Waals surface area contributed by atoms with E-state index in [-0.39, 0.29) is 5.41 Å². The van der Waals surface area contributed by atoms with E-state index in [0.717, 1.165) is 0 Å². The summed E-state index contributed by atoms with van der Waals surface area (Å²) in [4.78, 5) is 0. The Morgan fingerprint density at radius 1 is 0.293 bits per heavy atom. The molecular formula is C41H30. The first-order chi connectivity index (χ1) is 20.4. The van der Waals surface area contributed by atoms with Crippen molar-refractivity contribution in [1.29, 1.82) is 0 Å². The smallest absolute Gasteiger partial charge is 0.0622 e. The highest BCUT2D eigenvalue weighted by atomic mass is 14.5. The van der Waals surface area contributed by atoms with Gasteiger partial charge < -0.3 is 0 Å². The van der Waals surface area contributed by atoms with Crippen molar-refractivity contribution in [3.63, 3.8) is 0 Å². The van der Waals surface area contributed by atoms with Gasteiger partial charge in [0, 0.05) is 0 Å². The standard InChI is InChI=1S/C31H22.C10H8/c1-4-13-23(14-5-1)26-20-12-21-28-27-19-10-11-22-29(27)31(30(26)28,24-15-6-2-7-16-24)25-17-8-3-9-18-25;1-2-6-10-8-4-3-7-9(10)5-1/h1-22H;1-8H. The van der Waals surface area contributed by atoms with Crippen LogP contribution in [-0.2, 0) is 5.41 Å². The van der Waals surface area contributed by atoms with Gasteiger partial charge in [0.1, 0.15) is 0 Å². The van der Waals surface area contributed by atoms with Crippen LogP contribution in [0.1, 0.15) is 22.3 Å². The minimum Gasteiger partial charge on any atom is -0.0622 e. The van der Waals surface area contributed by atoms with E-state index in [1.54, 1.807) is 0 Å². The SMILES string of the molecule is c1ccc(-c2cccc3c2C(c2ccccc2)(c2ccccc2)c2ccccc2-3)cc1.c1ccc2ccccc2c1. The Hall–Kier alpha value is -5.20. The maximum Gasteiger partial charge on any atom is 0.0719 e. The van der Waals surface area contributed by atoms with Crippen LogP contribution in [0.5, 0.6) is 0 Å². The summed E-state index contributed by atoms with van der Waals surface area (Å²) >= 11 is 0. The van der Waals surface area contributed by atoms with E-state index in [2.05, 4.69) is 182 Å². The summed E-state index contributed by atoms with van der Waals surface area (Å²) in [7, 11) is 0. The van der Waals surface area contributed by atoms with Gasteiger partial charge in [-0.25, -0.2) is 0 Å². The maximum absolute atomic E-state index is 2.31. The number of benzene rings is 7. The van der Waals surface area contributed by atoms with E-state index >= 15 is 0 Å². The predicted octanol–water partition coefficient (Wildman–Crippen LogP) is 10.6. The Morgan fingerprint density at radius 2 is 0.707 bits per heavy atom. The molecule has 0 saturated heterocycles. The zero-order valence-electron chi connectivity index (χ0n) is 22.8. The van der Waals surface area contributed by atoms with E-state index in [9.17, 15) is 0 Å². The largest absolute Gasteiger partial charge is 0.0719 e. The zero-order valence-corrected chi connectivity index (χ0v) is 22.8. The Morgan fingerprint density at radius 3 is 1.27 bits per heavy atom. The summed E-state index contributed by atoms with van der Waals surface area (Å²) in [6, 6.07) is 65.1. The van der Waals surface area contributed by atoms with Crippen molar-refractivity contribution in [2.45, 2.75) is 5.41 Å². The van der Waals surface area contributed by atoms with Crippen LogP contribution in [0.4, 0.5) is 0 Å². The van der Waals surface area contributed by atoms with E-state index in [0.29, 0.717) is 0 Å². The van der Waals surface area contributed by atoms with Gasteiger partial charge in [-0.3, -0.25) is 0 Å². The quantitative estimate of drug-likeness (QED) is 0.216. The third-order valence-electron chi connectivity index (χ3n) is 8.22. The summed E-state index contributed by atoms with van der Waals surface area (Å²) in [6.07, 6.45) is 0. The Labute approximate surface area is 242 Å². The lowest BCUT2D eigenvalue weighted by molar-refractivity contribution is 0.770. The summed E-state index contributed by atoms with van der Waals surface area (Å²) in [6.45, 7) is 0. The molecule has 0 heteroatoms. The van der Waals surface area contributed by atoms with Crippen molar-refractivity contribution in [3.05, 3.63) is 204 Å². The molecule has 0 heterocycles. The molecule has 194 valence electrons. The lowest BCUT2D eigenvalue weighted by atomic mass is 9.66. The topological polar surface area (TPSA) is 0 Å². The van der Waals surface area contributed by atoms with E-state index in [4.69, 9.17) is 0 Å². The van der Waals surface area contributed by atoms with Crippen molar-refractivity contribution in [1.82, 2.24) is 0 Å². The number of fused-ring (bicyclic) bond motifs is 4. The molecule has 1 aliphatic rings. The monoisotopic (exact) mass is 522 g/mol. The molecule has 0 radical (unpaired) electrons. The van der Waals surface area contributed by atoms with E-state index in [1.807, 2.05) is 0 Å². The van der Waals surface area contributed by atoms with Crippen LogP contribution in [0.3, 0.4) is 0 Å². The first-order valence-corrected chi connectivity index (χ1v) is 14.2. The van der Waals surface area contributed by atoms with Gasteiger partial charge in [0.05, 0.1) is 5.41 Å². The van der Waals surface area contributed by atoms with Gasteiger partial charge in [0.2, 0.25) is 0 Å². The van der Waals surface area contributed by atoms with Gasteiger partial charge in [-0.1, -0.05) is 182 Å². The lowest BCUT2D eigenvalue weighted by Gasteiger charge is -2.35. The van der Waals surface area contributed by atoms with Gasteiger partial charge in [-0.15, -0.1) is 0 Å². The molecule has 0 nitrogen and oxygen atoms in total. The van der Waals surface area contributed by atoms with Gasteiger partial charge in [-0.2, -0.15) is 0 Å². The molecule has 41 heavy (non-hydrogen) atoms. The second kappa shape index (κ2) is 10.8. The molecule has 0 amide bonds. The molecule has 0 aliphatic heterocycles. The van der Waals surface area contributed by atoms with Crippen LogP contribution in [0, 0.1) is 0 Å². The molecule has 0 spiro atoms. The Balaban J connectivity index is 0.000000232. The molecule has 0 N–H and O–H groups in total.